The molecular weight excluding hydrogens is 108 g/mol. The standard InChI is InChI=1S/C4H6N2O2/c7-2-3-1-5-6-4(3)8/h1,7H,2H2,(H2,5,6,8). The van der Waals surface area contributed by atoms with E-state index in [1.807, 2.05) is 0 Å². The Bertz CT molecular complexity index is 212. The van der Waals surface area contributed by atoms with Crippen molar-refractivity contribution in [3.8, 4) is 0 Å². The van der Waals surface area contributed by atoms with Gasteiger partial charge in [-0.25, -0.2) is 0 Å². The van der Waals surface area contributed by atoms with E-state index in [1.54, 1.807) is 0 Å². The van der Waals surface area contributed by atoms with Crippen LogP contribution in [0.15, 0.2) is 11.0 Å². The molecule has 0 amide bonds. The van der Waals surface area contributed by atoms with Gasteiger partial charge in [-0.1, -0.05) is 0 Å². The Kier molecular flexibility index (Phi) is 1.17. The van der Waals surface area contributed by atoms with E-state index in [0.717, 1.165) is 0 Å². The molecule has 0 spiro atoms. The molecule has 0 saturated heterocycles. The average Bonchev–Trinajstić information content (AvgIpc) is 2.14. The second-order valence-corrected chi connectivity index (χ2v) is 1.43. The summed E-state index contributed by atoms with van der Waals surface area (Å²) in [4.78, 5) is 10.4. The van der Waals surface area contributed by atoms with E-state index in [4.69, 9.17) is 5.11 Å². The molecule has 0 bridgehead atoms. The van der Waals surface area contributed by atoms with Crippen molar-refractivity contribution in [2.75, 3.05) is 0 Å². The van der Waals surface area contributed by atoms with Gasteiger partial charge in [-0.2, -0.15) is 0 Å². The van der Waals surface area contributed by atoms with E-state index in [9.17, 15) is 4.79 Å². The highest BCUT2D eigenvalue weighted by Crippen LogP contribution is 1.81. The van der Waals surface area contributed by atoms with Gasteiger partial charge in [-0.05, 0) is 0 Å². The molecular formula is C4H6N2O2. The third kappa shape index (κ3) is 0.651. The summed E-state index contributed by atoms with van der Waals surface area (Å²) in [6.07, 6.45) is 1.43. The maximum Gasteiger partial charge on any atom is 0.269 e. The van der Waals surface area contributed by atoms with Crippen LogP contribution in [0.4, 0.5) is 0 Å². The molecule has 0 saturated carbocycles. The van der Waals surface area contributed by atoms with Crippen molar-refractivity contribution < 1.29 is 5.11 Å². The number of aromatic amines is 2. The maximum absolute atomic E-state index is 10.4. The second-order valence-electron chi connectivity index (χ2n) is 1.43. The average molecular weight is 114 g/mol. The van der Waals surface area contributed by atoms with Crippen LogP contribution in [-0.2, 0) is 6.61 Å². The fourth-order valence-corrected chi connectivity index (χ4v) is 0.452. The highest BCUT2D eigenvalue weighted by molar-refractivity contribution is 5.00. The molecule has 0 aromatic carbocycles. The second kappa shape index (κ2) is 1.83. The van der Waals surface area contributed by atoms with Crippen molar-refractivity contribution in [3.63, 3.8) is 0 Å². The monoisotopic (exact) mass is 114 g/mol. The molecule has 0 aliphatic heterocycles. The van der Waals surface area contributed by atoms with Crippen molar-refractivity contribution in [2.24, 2.45) is 0 Å². The Hall–Kier alpha value is -1.03. The van der Waals surface area contributed by atoms with Gasteiger partial charge in [0.25, 0.3) is 5.56 Å². The molecule has 0 fully saturated rings. The summed E-state index contributed by atoms with van der Waals surface area (Å²) in [5, 5.41) is 13.1. The molecule has 3 N–H and O–H groups in total. The van der Waals surface area contributed by atoms with Gasteiger partial charge in [0.15, 0.2) is 0 Å². The molecule has 1 rings (SSSR count). The van der Waals surface area contributed by atoms with E-state index in [2.05, 4.69) is 10.2 Å². The molecule has 1 aromatic rings. The highest BCUT2D eigenvalue weighted by Gasteiger charge is 1.93. The zero-order valence-electron chi connectivity index (χ0n) is 4.14. The Morgan fingerprint density at radius 3 is 2.75 bits per heavy atom. The molecule has 4 nitrogen and oxygen atoms in total. The molecule has 0 unspecified atom stereocenters. The molecule has 0 aliphatic carbocycles. The van der Waals surface area contributed by atoms with Crippen molar-refractivity contribution in [1.82, 2.24) is 10.2 Å². The van der Waals surface area contributed by atoms with Crippen LogP contribution in [0.25, 0.3) is 0 Å². The largest absolute Gasteiger partial charge is 0.391 e. The van der Waals surface area contributed by atoms with Crippen LogP contribution in [0.1, 0.15) is 5.56 Å². The van der Waals surface area contributed by atoms with Crippen LogP contribution in [0.3, 0.4) is 0 Å². The van der Waals surface area contributed by atoms with Crippen molar-refractivity contribution >= 4 is 0 Å². The molecule has 0 atom stereocenters. The van der Waals surface area contributed by atoms with Gasteiger partial charge in [0, 0.05) is 6.20 Å². The molecule has 1 aromatic heterocycles. The first-order chi connectivity index (χ1) is 3.84. The van der Waals surface area contributed by atoms with Crippen LogP contribution in [0.2, 0.25) is 0 Å². The topological polar surface area (TPSA) is 68.9 Å². The lowest BCUT2D eigenvalue weighted by molar-refractivity contribution is 0.281. The van der Waals surface area contributed by atoms with Gasteiger partial charge < -0.3 is 10.2 Å². The number of nitrogens with one attached hydrogen (secondary N) is 2. The first kappa shape index (κ1) is 5.11. The van der Waals surface area contributed by atoms with Gasteiger partial charge in [0.1, 0.15) is 0 Å². The number of hydrogen-bond acceptors (Lipinski definition) is 2. The fourth-order valence-electron chi connectivity index (χ4n) is 0.452. The van der Waals surface area contributed by atoms with Crippen molar-refractivity contribution in [2.45, 2.75) is 6.61 Å². The van der Waals surface area contributed by atoms with E-state index in [1.165, 1.54) is 6.20 Å². The number of hydrogen-bond donors (Lipinski definition) is 3. The summed E-state index contributed by atoms with van der Waals surface area (Å²) in [7, 11) is 0. The Labute approximate surface area is 45.1 Å². The van der Waals surface area contributed by atoms with Crippen LogP contribution in [0.5, 0.6) is 0 Å². The number of rotatable bonds is 1. The SMILES string of the molecule is O=c1[nH][nH]cc1CO. The van der Waals surface area contributed by atoms with Crippen LogP contribution in [0, 0.1) is 0 Å². The van der Waals surface area contributed by atoms with Gasteiger partial charge in [0.2, 0.25) is 0 Å². The van der Waals surface area contributed by atoms with Crippen LogP contribution >= 0.6 is 0 Å². The Balaban J connectivity index is 3.11. The fraction of sp³-hybridized carbons (Fsp3) is 0.250. The number of aliphatic hydroxyl groups excluding tert-OH is 1. The molecule has 8 heavy (non-hydrogen) atoms. The number of aliphatic hydroxyl groups is 1. The third-order valence-electron chi connectivity index (χ3n) is 0.894. The van der Waals surface area contributed by atoms with Crippen molar-refractivity contribution in [3.05, 3.63) is 22.1 Å². The zero-order chi connectivity index (χ0) is 5.98. The van der Waals surface area contributed by atoms with Gasteiger partial charge in [-0.3, -0.25) is 9.89 Å². The number of aromatic nitrogens is 2. The lowest BCUT2D eigenvalue weighted by Gasteiger charge is -1.76. The van der Waals surface area contributed by atoms with E-state index < -0.39 is 0 Å². The van der Waals surface area contributed by atoms with Crippen LogP contribution < -0.4 is 5.56 Å². The summed E-state index contributed by atoms with van der Waals surface area (Å²) in [5.41, 5.74) is 0.109. The summed E-state index contributed by atoms with van der Waals surface area (Å²) < 4.78 is 0. The van der Waals surface area contributed by atoms with E-state index >= 15 is 0 Å². The highest BCUT2D eigenvalue weighted by atomic mass is 16.3. The third-order valence-corrected chi connectivity index (χ3v) is 0.894. The smallest absolute Gasteiger partial charge is 0.269 e. The minimum Gasteiger partial charge on any atom is -0.391 e. The summed E-state index contributed by atoms with van der Waals surface area (Å²) in [5.74, 6) is 0. The quantitative estimate of drug-likeness (QED) is 0.447. The Morgan fingerprint density at radius 1 is 1.75 bits per heavy atom. The first-order valence-corrected chi connectivity index (χ1v) is 2.20. The van der Waals surface area contributed by atoms with E-state index in [-0.39, 0.29) is 12.2 Å². The first-order valence-electron chi connectivity index (χ1n) is 2.20. The van der Waals surface area contributed by atoms with Gasteiger partial charge in [-0.15, -0.1) is 0 Å². The molecule has 1 heterocycles. The Morgan fingerprint density at radius 2 is 2.50 bits per heavy atom. The van der Waals surface area contributed by atoms with Gasteiger partial charge in [0.05, 0.1) is 12.2 Å². The lowest BCUT2D eigenvalue weighted by Crippen LogP contribution is -2.04. The van der Waals surface area contributed by atoms with Crippen molar-refractivity contribution in [1.29, 1.82) is 0 Å². The molecule has 0 aliphatic rings. The molecule has 44 valence electrons. The van der Waals surface area contributed by atoms with Gasteiger partial charge >= 0.3 is 0 Å². The predicted molar refractivity (Wildman–Crippen MR) is 27.3 cm³/mol. The lowest BCUT2D eigenvalue weighted by atomic mass is 10.4. The van der Waals surface area contributed by atoms with Crippen LogP contribution in [-0.4, -0.2) is 15.3 Å². The molecule has 4 heteroatoms. The minimum absolute atomic E-state index is 0.209. The molecule has 0 radical (unpaired) electrons. The predicted octanol–water partition coefficient (Wildman–Crippen LogP) is -0.805. The van der Waals surface area contributed by atoms with E-state index in [0.29, 0.717) is 5.56 Å². The maximum atomic E-state index is 10.4. The summed E-state index contributed by atoms with van der Waals surface area (Å²) in [6.45, 7) is -0.209. The summed E-state index contributed by atoms with van der Waals surface area (Å²) in [6, 6.07) is 0. The summed E-state index contributed by atoms with van der Waals surface area (Å²) >= 11 is 0. The minimum atomic E-state index is -0.257. The number of H-pyrrole nitrogens is 2. The normalized spacial score (nSPS) is 9.62. The zero-order valence-corrected chi connectivity index (χ0v) is 4.14.